The number of ether oxygens (including phenoxy) is 1. The third-order valence-corrected chi connectivity index (χ3v) is 3.18. The zero-order valence-corrected chi connectivity index (χ0v) is 10.9. The van der Waals surface area contributed by atoms with Crippen molar-refractivity contribution in [1.29, 1.82) is 0 Å². The van der Waals surface area contributed by atoms with E-state index in [0.29, 0.717) is 12.8 Å². The minimum atomic E-state index is -0.394. The maximum absolute atomic E-state index is 11.7. The van der Waals surface area contributed by atoms with Crippen LogP contribution in [0.15, 0.2) is 5.16 Å². The molecule has 0 spiro atoms. The number of carbonyl (C=O) groups is 1. The quantitative estimate of drug-likeness (QED) is 0.286. The summed E-state index contributed by atoms with van der Waals surface area (Å²) in [5, 5.41) is 14.2. The van der Waals surface area contributed by atoms with E-state index in [4.69, 9.17) is 15.7 Å². The minimum Gasteiger partial charge on any atom is -0.409 e. The van der Waals surface area contributed by atoms with E-state index in [-0.39, 0.29) is 17.8 Å². The van der Waals surface area contributed by atoms with Gasteiger partial charge in [-0.3, -0.25) is 4.79 Å². The van der Waals surface area contributed by atoms with E-state index in [1.54, 1.807) is 0 Å². The molecule has 6 heteroatoms. The number of rotatable bonds is 6. The second-order valence-electron chi connectivity index (χ2n) is 4.58. The standard InChI is InChI=1S/C12H23N3O3/c1-2-10(12(13)15-17)14-11(16)7-6-9-5-3-4-8-18-9/h9-10,17H,2-8H2,1H3,(H2,13,15)(H,14,16). The Morgan fingerprint density at radius 3 is 2.94 bits per heavy atom. The molecule has 1 amide bonds. The van der Waals surface area contributed by atoms with E-state index in [0.717, 1.165) is 25.9 Å². The van der Waals surface area contributed by atoms with Crippen LogP contribution in [0.25, 0.3) is 0 Å². The second-order valence-corrected chi connectivity index (χ2v) is 4.58. The Kier molecular flexibility index (Phi) is 6.49. The lowest BCUT2D eigenvalue weighted by Crippen LogP contribution is -2.44. The lowest BCUT2D eigenvalue weighted by molar-refractivity contribution is -0.122. The van der Waals surface area contributed by atoms with Gasteiger partial charge < -0.3 is 21.0 Å². The van der Waals surface area contributed by atoms with Gasteiger partial charge in [-0.05, 0) is 32.1 Å². The van der Waals surface area contributed by atoms with Crippen molar-refractivity contribution in [3.8, 4) is 0 Å². The van der Waals surface area contributed by atoms with Crippen molar-refractivity contribution in [2.24, 2.45) is 10.9 Å². The van der Waals surface area contributed by atoms with Gasteiger partial charge in [0.25, 0.3) is 0 Å². The number of amides is 1. The lowest BCUT2D eigenvalue weighted by atomic mass is 10.0. The van der Waals surface area contributed by atoms with Gasteiger partial charge in [0.2, 0.25) is 5.91 Å². The van der Waals surface area contributed by atoms with Crippen molar-refractivity contribution in [2.75, 3.05) is 6.61 Å². The van der Waals surface area contributed by atoms with Crippen LogP contribution >= 0.6 is 0 Å². The first-order valence-corrected chi connectivity index (χ1v) is 6.55. The van der Waals surface area contributed by atoms with Gasteiger partial charge in [-0.25, -0.2) is 0 Å². The van der Waals surface area contributed by atoms with Gasteiger partial charge in [-0.2, -0.15) is 0 Å². The van der Waals surface area contributed by atoms with Crippen LogP contribution < -0.4 is 11.1 Å². The average Bonchev–Trinajstić information content (AvgIpc) is 2.42. The van der Waals surface area contributed by atoms with E-state index in [1.807, 2.05) is 6.92 Å². The molecule has 0 aromatic rings. The molecule has 1 aliphatic rings. The largest absolute Gasteiger partial charge is 0.409 e. The van der Waals surface area contributed by atoms with Crippen LogP contribution in [-0.2, 0) is 9.53 Å². The van der Waals surface area contributed by atoms with E-state index in [1.165, 1.54) is 6.42 Å². The first-order chi connectivity index (χ1) is 8.67. The summed E-state index contributed by atoms with van der Waals surface area (Å²) in [5.41, 5.74) is 5.48. The van der Waals surface area contributed by atoms with E-state index >= 15 is 0 Å². The van der Waals surface area contributed by atoms with Crippen LogP contribution in [0.3, 0.4) is 0 Å². The second kappa shape index (κ2) is 7.92. The van der Waals surface area contributed by atoms with Crippen LogP contribution in [0.4, 0.5) is 0 Å². The smallest absolute Gasteiger partial charge is 0.220 e. The predicted octanol–water partition coefficient (Wildman–Crippen LogP) is 0.977. The fourth-order valence-electron chi connectivity index (χ4n) is 2.05. The molecule has 1 rings (SSSR count). The van der Waals surface area contributed by atoms with Crippen LogP contribution in [0, 0.1) is 0 Å². The molecule has 0 aliphatic carbocycles. The predicted molar refractivity (Wildman–Crippen MR) is 68.5 cm³/mol. The zero-order chi connectivity index (χ0) is 13.4. The number of hydrogen-bond acceptors (Lipinski definition) is 4. The van der Waals surface area contributed by atoms with Crippen molar-refractivity contribution in [3.63, 3.8) is 0 Å². The summed E-state index contributed by atoms with van der Waals surface area (Å²) in [4.78, 5) is 11.7. The summed E-state index contributed by atoms with van der Waals surface area (Å²) in [6, 6.07) is -0.394. The maximum Gasteiger partial charge on any atom is 0.220 e. The number of oxime groups is 1. The molecule has 0 bridgehead atoms. The SMILES string of the molecule is CCC(NC(=O)CCC1CCCCO1)C(N)=NO. The van der Waals surface area contributed by atoms with Gasteiger partial charge in [0.05, 0.1) is 12.1 Å². The van der Waals surface area contributed by atoms with Crippen LogP contribution in [0.5, 0.6) is 0 Å². The molecule has 0 aromatic heterocycles. The summed E-state index contributed by atoms with van der Waals surface area (Å²) in [5.74, 6) is -0.0395. The number of nitrogens with zero attached hydrogens (tertiary/aromatic N) is 1. The van der Waals surface area contributed by atoms with Gasteiger partial charge >= 0.3 is 0 Å². The number of hydrogen-bond donors (Lipinski definition) is 3. The van der Waals surface area contributed by atoms with Crippen molar-refractivity contribution in [1.82, 2.24) is 5.32 Å². The Morgan fingerprint density at radius 1 is 1.61 bits per heavy atom. The van der Waals surface area contributed by atoms with Gasteiger partial charge in [-0.1, -0.05) is 12.1 Å². The van der Waals surface area contributed by atoms with Gasteiger partial charge in [0.15, 0.2) is 5.84 Å². The molecule has 0 aromatic carbocycles. The molecule has 1 aliphatic heterocycles. The first-order valence-electron chi connectivity index (χ1n) is 6.55. The van der Waals surface area contributed by atoms with Gasteiger partial charge in [0, 0.05) is 13.0 Å². The van der Waals surface area contributed by atoms with Crippen LogP contribution in [0.2, 0.25) is 0 Å². The fraction of sp³-hybridized carbons (Fsp3) is 0.833. The highest BCUT2D eigenvalue weighted by atomic mass is 16.5. The summed E-state index contributed by atoms with van der Waals surface area (Å²) in [6.07, 6.45) is 5.27. The Morgan fingerprint density at radius 2 is 2.39 bits per heavy atom. The molecule has 2 unspecified atom stereocenters. The van der Waals surface area contributed by atoms with E-state index in [9.17, 15) is 4.79 Å². The number of amidine groups is 1. The fourth-order valence-corrected chi connectivity index (χ4v) is 2.05. The molecule has 2 atom stereocenters. The Labute approximate surface area is 108 Å². The summed E-state index contributed by atoms with van der Waals surface area (Å²) in [7, 11) is 0. The van der Waals surface area contributed by atoms with Crippen molar-refractivity contribution >= 4 is 11.7 Å². The first kappa shape index (κ1) is 14.8. The van der Waals surface area contributed by atoms with E-state index in [2.05, 4.69) is 10.5 Å². The van der Waals surface area contributed by atoms with Crippen molar-refractivity contribution in [2.45, 2.75) is 57.6 Å². The monoisotopic (exact) mass is 257 g/mol. The molecule has 0 saturated carbocycles. The summed E-state index contributed by atoms with van der Waals surface area (Å²) >= 11 is 0. The van der Waals surface area contributed by atoms with Crippen molar-refractivity contribution in [3.05, 3.63) is 0 Å². The lowest BCUT2D eigenvalue weighted by Gasteiger charge is -2.22. The maximum atomic E-state index is 11.7. The summed E-state index contributed by atoms with van der Waals surface area (Å²) in [6.45, 7) is 2.67. The zero-order valence-electron chi connectivity index (χ0n) is 10.9. The third kappa shape index (κ3) is 4.91. The van der Waals surface area contributed by atoms with Crippen molar-refractivity contribution < 1.29 is 14.7 Å². The highest BCUT2D eigenvalue weighted by molar-refractivity contribution is 5.89. The van der Waals surface area contributed by atoms with Crippen LogP contribution in [0.1, 0.15) is 45.4 Å². The highest BCUT2D eigenvalue weighted by Crippen LogP contribution is 2.16. The van der Waals surface area contributed by atoms with E-state index < -0.39 is 6.04 Å². The topological polar surface area (TPSA) is 96.9 Å². The molecule has 0 radical (unpaired) electrons. The molecule has 4 N–H and O–H groups in total. The van der Waals surface area contributed by atoms with Gasteiger partial charge in [0.1, 0.15) is 0 Å². The minimum absolute atomic E-state index is 0.0415. The normalized spacial score (nSPS) is 22.5. The molecule has 1 fully saturated rings. The molecule has 6 nitrogen and oxygen atoms in total. The molecule has 1 saturated heterocycles. The number of nitrogens with one attached hydrogen (secondary N) is 1. The molecular formula is C12H23N3O3. The van der Waals surface area contributed by atoms with Crippen LogP contribution in [-0.4, -0.2) is 35.7 Å². The third-order valence-electron chi connectivity index (χ3n) is 3.18. The van der Waals surface area contributed by atoms with Gasteiger partial charge in [-0.15, -0.1) is 0 Å². The number of nitrogens with two attached hydrogens (primary N) is 1. The molecule has 104 valence electrons. The Bertz CT molecular complexity index is 288. The Hall–Kier alpha value is -1.30. The molecule has 18 heavy (non-hydrogen) atoms. The summed E-state index contributed by atoms with van der Waals surface area (Å²) < 4.78 is 5.56. The highest BCUT2D eigenvalue weighted by Gasteiger charge is 2.18. The molecule has 1 heterocycles. The molecular weight excluding hydrogens is 234 g/mol. The Balaban J connectivity index is 2.27. The average molecular weight is 257 g/mol. The number of carbonyl (C=O) groups excluding carboxylic acids is 1.